The van der Waals surface area contributed by atoms with Crippen molar-refractivity contribution in [1.82, 2.24) is 20.3 Å². The van der Waals surface area contributed by atoms with Crippen LogP contribution in [0.3, 0.4) is 0 Å². The van der Waals surface area contributed by atoms with Gasteiger partial charge in [-0.25, -0.2) is 9.97 Å². The summed E-state index contributed by atoms with van der Waals surface area (Å²) in [6.07, 6.45) is 2.20. The summed E-state index contributed by atoms with van der Waals surface area (Å²) in [4.78, 5) is 35.7. The van der Waals surface area contributed by atoms with E-state index in [-0.39, 0.29) is 11.6 Å². The van der Waals surface area contributed by atoms with Gasteiger partial charge in [-0.3, -0.25) is 9.59 Å². The van der Waals surface area contributed by atoms with Crippen molar-refractivity contribution in [2.75, 3.05) is 0 Å². The van der Waals surface area contributed by atoms with Gasteiger partial charge in [-0.1, -0.05) is 30.3 Å². The molecule has 0 spiro atoms. The van der Waals surface area contributed by atoms with Crippen LogP contribution in [0.4, 0.5) is 0 Å². The zero-order chi connectivity index (χ0) is 17.4. The van der Waals surface area contributed by atoms with Crippen molar-refractivity contribution >= 4 is 17.2 Å². The summed E-state index contributed by atoms with van der Waals surface area (Å²) in [5.41, 5.74) is 1.38. The van der Waals surface area contributed by atoms with Gasteiger partial charge in [-0.05, 0) is 18.9 Å². The number of carbonyl (C=O) groups is 1. The van der Waals surface area contributed by atoms with Crippen LogP contribution >= 0.6 is 11.3 Å². The molecule has 0 aliphatic heterocycles. The molecule has 1 aromatic carbocycles. The number of aromatic nitrogens is 3. The van der Waals surface area contributed by atoms with E-state index in [0.717, 1.165) is 11.4 Å². The highest BCUT2D eigenvalue weighted by Gasteiger charge is 2.39. The van der Waals surface area contributed by atoms with E-state index >= 15 is 0 Å². The number of nitrogens with one attached hydrogen (secondary N) is 2. The lowest BCUT2D eigenvalue weighted by atomic mass is 10.1. The zero-order valence-corrected chi connectivity index (χ0v) is 14.3. The summed E-state index contributed by atoms with van der Waals surface area (Å²) in [5, 5.41) is 5.62. The lowest BCUT2D eigenvalue weighted by Crippen LogP contribution is -2.32. The van der Waals surface area contributed by atoms with Gasteiger partial charge < -0.3 is 10.3 Å². The van der Waals surface area contributed by atoms with E-state index in [1.54, 1.807) is 0 Å². The first-order valence-electron chi connectivity index (χ1n) is 7.99. The number of carbonyl (C=O) groups excluding carboxylic acids is 1. The average Bonchev–Trinajstić information content (AvgIpc) is 3.24. The fraction of sp³-hybridized carbons (Fsp3) is 0.222. The number of nitrogens with zero attached hydrogens (tertiary/aromatic N) is 2. The van der Waals surface area contributed by atoms with Gasteiger partial charge in [0.05, 0.1) is 5.01 Å². The SMILES string of the molecule is Cc1nc(-c2ncc(C(=O)N[C@@H]3C[C@H]3c3ccccc3)c(=O)[nH]2)cs1. The first-order valence-corrected chi connectivity index (χ1v) is 8.87. The number of amides is 1. The van der Waals surface area contributed by atoms with Crippen LogP contribution in [0.25, 0.3) is 11.5 Å². The Bertz CT molecular complexity index is 980. The molecule has 2 atom stereocenters. The Morgan fingerprint density at radius 2 is 2.12 bits per heavy atom. The van der Waals surface area contributed by atoms with Crippen LogP contribution in [0.1, 0.15) is 33.3 Å². The quantitative estimate of drug-likeness (QED) is 0.755. The topological polar surface area (TPSA) is 87.7 Å². The highest BCUT2D eigenvalue weighted by atomic mass is 32.1. The van der Waals surface area contributed by atoms with Crippen molar-refractivity contribution in [1.29, 1.82) is 0 Å². The van der Waals surface area contributed by atoms with Gasteiger partial charge in [0.1, 0.15) is 11.3 Å². The minimum absolute atomic E-state index is 0.0226. The van der Waals surface area contributed by atoms with E-state index in [0.29, 0.717) is 17.4 Å². The predicted octanol–water partition coefficient (Wildman–Crippen LogP) is 2.49. The second-order valence-corrected chi connectivity index (χ2v) is 7.12. The third kappa shape index (κ3) is 3.23. The number of rotatable bonds is 4. The van der Waals surface area contributed by atoms with E-state index < -0.39 is 11.5 Å². The Kier molecular flexibility index (Phi) is 3.93. The zero-order valence-electron chi connectivity index (χ0n) is 13.5. The minimum atomic E-state index is -0.454. The van der Waals surface area contributed by atoms with Gasteiger partial charge >= 0.3 is 0 Å². The molecule has 2 heterocycles. The molecule has 0 radical (unpaired) electrons. The number of benzene rings is 1. The van der Waals surface area contributed by atoms with Crippen LogP contribution in [0.2, 0.25) is 0 Å². The van der Waals surface area contributed by atoms with Crippen LogP contribution in [0.15, 0.2) is 46.7 Å². The Morgan fingerprint density at radius 3 is 2.80 bits per heavy atom. The molecule has 3 aromatic rings. The Hall–Kier alpha value is -2.80. The standard InChI is InChI=1S/C18H16N4O2S/c1-10-20-15(9-25-10)16-19-8-13(18(24)22-16)17(23)21-14-7-12(14)11-5-3-2-4-6-11/h2-6,8-9,12,14H,7H2,1H3,(H,21,23)(H,19,22,24)/t12-,14+/m0/s1. The minimum Gasteiger partial charge on any atom is -0.348 e. The maximum Gasteiger partial charge on any atom is 0.264 e. The molecule has 1 aliphatic carbocycles. The molecule has 0 bridgehead atoms. The van der Waals surface area contributed by atoms with Crippen molar-refractivity contribution in [3.05, 3.63) is 68.4 Å². The number of H-pyrrole nitrogens is 1. The molecule has 4 rings (SSSR count). The lowest BCUT2D eigenvalue weighted by Gasteiger charge is -2.05. The lowest BCUT2D eigenvalue weighted by molar-refractivity contribution is 0.0948. The largest absolute Gasteiger partial charge is 0.348 e. The predicted molar refractivity (Wildman–Crippen MR) is 95.8 cm³/mol. The summed E-state index contributed by atoms with van der Waals surface area (Å²) < 4.78 is 0. The summed E-state index contributed by atoms with van der Waals surface area (Å²) in [7, 11) is 0. The fourth-order valence-corrected chi connectivity index (χ4v) is 3.43. The van der Waals surface area contributed by atoms with Crippen LogP contribution in [-0.4, -0.2) is 26.9 Å². The average molecular weight is 352 g/mol. The first-order chi connectivity index (χ1) is 12.1. The Labute approximate surface area is 148 Å². The normalized spacial score (nSPS) is 18.8. The van der Waals surface area contributed by atoms with Crippen LogP contribution < -0.4 is 10.9 Å². The van der Waals surface area contributed by atoms with Crippen molar-refractivity contribution in [3.63, 3.8) is 0 Å². The van der Waals surface area contributed by atoms with E-state index in [9.17, 15) is 9.59 Å². The molecule has 1 aliphatic rings. The monoisotopic (exact) mass is 352 g/mol. The van der Waals surface area contributed by atoms with Gasteiger partial charge in [0.2, 0.25) is 0 Å². The fourth-order valence-electron chi connectivity index (χ4n) is 2.83. The number of hydrogen-bond donors (Lipinski definition) is 2. The molecule has 2 aromatic heterocycles. The van der Waals surface area contributed by atoms with Gasteiger partial charge in [-0.2, -0.15) is 0 Å². The molecule has 25 heavy (non-hydrogen) atoms. The summed E-state index contributed by atoms with van der Waals surface area (Å²) in [5.74, 6) is 0.298. The third-order valence-corrected chi connectivity index (χ3v) is 5.01. The molecule has 126 valence electrons. The van der Waals surface area contributed by atoms with Crippen molar-refractivity contribution < 1.29 is 4.79 Å². The third-order valence-electron chi connectivity index (χ3n) is 4.24. The molecule has 6 nitrogen and oxygen atoms in total. The summed E-state index contributed by atoms with van der Waals surface area (Å²) in [6, 6.07) is 10.1. The number of hydrogen-bond acceptors (Lipinski definition) is 5. The molecule has 1 saturated carbocycles. The van der Waals surface area contributed by atoms with E-state index in [1.807, 2.05) is 30.5 Å². The summed E-state index contributed by atoms with van der Waals surface area (Å²) >= 11 is 1.48. The molecule has 1 fully saturated rings. The molecular weight excluding hydrogens is 336 g/mol. The van der Waals surface area contributed by atoms with E-state index in [2.05, 4.69) is 32.4 Å². The van der Waals surface area contributed by atoms with Gasteiger partial charge in [0, 0.05) is 23.5 Å². The van der Waals surface area contributed by atoms with Gasteiger partial charge in [0.15, 0.2) is 5.82 Å². The van der Waals surface area contributed by atoms with Crippen LogP contribution in [0.5, 0.6) is 0 Å². The van der Waals surface area contributed by atoms with E-state index in [1.165, 1.54) is 23.1 Å². The number of aromatic amines is 1. The van der Waals surface area contributed by atoms with E-state index in [4.69, 9.17) is 0 Å². The molecular formula is C18H16N4O2S. The highest BCUT2D eigenvalue weighted by molar-refractivity contribution is 7.09. The number of thiazole rings is 1. The molecule has 1 amide bonds. The maximum absolute atomic E-state index is 12.4. The van der Waals surface area contributed by atoms with Crippen LogP contribution in [0, 0.1) is 6.92 Å². The molecule has 0 unspecified atom stereocenters. The second-order valence-electron chi connectivity index (χ2n) is 6.06. The van der Waals surface area contributed by atoms with Crippen molar-refractivity contribution in [2.45, 2.75) is 25.3 Å². The Morgan fingerprint density at radius 1 is 1.32 bits per heavy atom. The smallest absolute Gasteiger partial charge is 0.264 e. The maximum atomic E-state index is 12.4. The molecule has 0 saturated heterocycles. The summed E-state index contributed by atoms with van der Waals surface area (Å²) in [6.45, 7) is 1.88. The van der Waals surface area contributed by atoms with Crippen molar-refractivity contribution in [2.24, 2.45) is 0 Å². The highest BCUT2D eigenvalue weighted by Crippen LogP contribution is 2.40. The molecule has 7 heteroatoms. The van der Waals surface area contributed by atoms with Gasteiger partial charge in [0.25, 0.3) is 11.5 Å². The van der Waals surface area contributed by atoms with Crippen molar-refractivity contribution in [3.8, 4) is 11.5 Å². The number of aryl methyl sites for hydroxylation is 1. The van der Waals surface area contributed by atoms with Gasteiger partial charge in [-0.15, -0.1) is 11.3 Å². The van der Waals surface area contributed by atoms with Crippen LogP contribution in [-0.2, 0) is 0 Å². The Balaban J connectivity index is 1.47. The molecule has 2 N–H and O–H groups in total. The second kappa shape index (κ2) is 6.25. The first kappa shape index (κ1) is 15.7.